The lowest BCUT2D eigenvalue weighted by Gasteiger charge is -2.09. The number of oxime groups is 1. The molecule has 0 aliphatic carbocycles. The number of hydrazone groups is 1. The summed E-state index contributed by atoms with van der Waals surface area (Å²) in [5.74, 6) is 0. The van der Waals surface area contributed by atoms with Gasteiger partial charge in [0.25, 0.3) is 0 Å². The average molecular weight is 281 g/mol. The second-order valence-corrected chi connectivity index (χ2v) is 4.94. The molecule has 0 fully saturated rings. The van der Waals surface area contributed by atoms with Crippen LogP contribution in [0.4, 0.5) is 5.69 Å². The fraction of sp³-hybridized carbons (Fsp3) is 0.176. The predicted octanol–water partition coefficient (Wildman–Crippen LogP) is 3.97. The molecule has 0 amide bonds. The third kappa shape index (κ3) is 3.69. The first-order valence-corrected chi connectivity index (χ1v) is 6.77. The van der Waals surface area contributed by atoms with Gasteiger partial charge in [-0.2, -0.15) is 5.10 Å². The van der Waals surface area contributed by atoms with Gasteiger partial charge in [0.05, 0.1) is 5.69 Å². The Morgan fingerprint density at radius 1 is 1.05 bits per heavy atom. The van der Waals surface area contributed by atoms with E-state index in [0.717, 1.165) is 16.8 Å². The van der Waals surface area contributed by atoms with Crippen LogP contribution in [0.1, 0.15) is 23.6 Å². The Morgan fingerprint density at radius 3 is 2.38 bits per heavy atom. The molecule has 0 aliphatic rings. The van der Waals surface area contributed by atoms with Gasteiger partial charge in [-0.05, 0) is 32.4 Å². The van der Waals surface area contributed by atoms with Gasteiger partial charge in [0, 0.05) is 5.56 Å². The van der Waals surface area contributed by atoms with Gasteiger partial charge >= 0.3 is 0 Å². The van der Waals surface area contributed by atoms with E-state index in [0.29, 0.717) is 11.4 Å². The fourth-order valence-electron chi connectivity index (χ4n) is 2.05. The normalized spacial score (nSPS) is 12.3. The molecule has 4 nitrogen and oxygen atoms in total. The summed E-state index contributed by atoms with van der Waals surface area (Å²) in [5, 5.41) is 16.7. The minimum atomic E-state index is 0.457. The molecule has 2 aromatic rings. The van der Waals surface area contributed by atoms with Gasteiger partial charge in [-0.1, -0.05) is 53.2 Å². The van der Waals surface area contributed by atoms with Crippen molar-refractivity contribution in [2.45, 2.75) is 20.8 Å². The highest BCUT2D eigenvalue weighted by atomic mass is 16.4. The van der Waals surface area contributed by atoms with E-state index in [2.05, 4.69) is 28.7 Å². The maximum atomic E-state index is 9.03. The molecule has 2 aromatic carbocycles. The zero-order chi connectivity index (χ0) is 15.2. The van der Waals surface area contributed by atoms with Crippen molar-refractivity contribution in [1.82, 2.24) is 0 Å². The zero-order valence-corrected chi connectivity index (χ0v) is 12.5. The number of anilines is 1. The molecule has 2 N–H and O–H groups in total. The highest BCUT2D eigenvalue weighted by Gasteiger charge is 2.08. The molecule has 0 aliphatic heterocycles. The fourth-order valence-corrected chi connectivity index (χ4v) is 2.05. The molecule has 2 rings (SSSR count). The van der Waals surface area contributed by atoms with E-state index in [1.165, 1.54) is 5.56 Å². The molecule has 0 aromatic heterocycles. The lowest BCUT2D eigenvalue weighted by Crippen LogP contribution is -2.14. The Morgan fingerprint density at radius 2 is 1.76 bits per heavy atom. The van der Waals surface area contributed by atoms with Crippen LogP contribution in [0.2, 0.25) is 0 Å². The van der Waals surface area contributed by atoms with Crippen LogP contribution in [-0.4, -0.2) is 16.6 Å². The number of hydrogen-bond donors (Lipinski definition) is 2. The standard InChI is InChI=1S/C17H19N3O/c1-12-9-10-16(13(2)11-12)18-19-17(14(3)20-21)15-7-5-4-6-8-15/h4-11,18,21H,1-3H3. The SMILES string of the molecule is CC(=NO)C(=NNc1ccc(C)cc1C)c1ccccc1. The summed E-state index contributed by atoms with van der Waals surface area (Å²) in [6.07, 6.45) is 0. The van der Waals surface area contributed by atoms with E-state index < -0.39 is 0 Å². The Kier molecular flexibility index (Phi) is 4.72. The molecule has 108 valence electrons. The van der Waals surface area contributed by atoms with Crippen LogP contribution >= 0.6 is 0 Å². The molecule has 0 bridgehead atoms. The van der Waals surface area contributed by atoms with Gasteiger partial charge < -0.3 is 5.21 Å². The molecule has 0 spiro atoms. The zero-order valence-electron chi connectivity index (χ0n) is 12.5. The number of rotatable bonds is 4. The number of benzene rings is 2. The summed E-state index contributed by atoms with van der Waals surface area (Å²) < 4.78 is 0. The number of hydrogen-bond acceptors (Lipinski definition) is 4. The van der Waals surface area contributed by atoms with E-state index in [1.54, 1.807) is 6.92 Å². The summed E-state index contributed by atoms with van der Waals surface area (Å²) in [4.78, 5) is 0. The summed E-state index contributed by atoms with van der Waals surface area (Å²) >= 11 is 0. The number of nitrogens with one attached hydrogen (secondary N) is 1. The van der Waals surface area contributed by atoms with Gasteiger partial charge in [-0.15, -0.1) is 0 Å². The maximum absolute atomic E-state index is 9.03. The van der Waals surface area contributed by atoms with Crippen LogP contribution in [0.5, 0.6) is 0 Å². The summed E-state index contributed by atoms with van der Waals surface area (Å²) in [6.45, 7) is 5.80. The van der Waals surface area contributed by atoms with E-state index in [1.807, 2.05) is 49.4 Å². The van der Waals surface area contributed by atoms with E-state index >= 15 is 0 Å². The number of aryl methyl sites for hydroxylation is 2. The van der Waals surface area contributed by atoms with Crippen LogP contribution in [0.25, 0.3) is 0 Å². The third-order valence-corrected chi connectivity index (χ3v) is 3.21. The summed E-state index contributed by atoms with van der Waals surface area (Å²) in [5.41, 5.74) is 8.26. The van der Waals surface area contributed by atoms with Crippen molar-refractivity contribution in [3.63, 3.8) is 0 Å². The Hall–Kier alpha value is -2.62. The topological polar surface area (TPSA) is 57.0 Å². The maximum Gasteiger partial charge on any atom is 0.115 e. The Labute approximate surface area is 124 Å². The van der Waals surface area contributed by atoms with Crippen molar-refractivity contribution in [3.8, 4) is 0 Å². The molecule has 4 heteroatoms. The van der Waals surface area contributed by atoms with Gasteiger partial charge in [0.2, 0.25) is 0 Å². The lowest BCUT2D eigenvalue weighted by molar-refractivity contribution is 0.320. The van der Waals surface area contributed by atoms with Crippen molar-refractivity contribution in [2.75, 3.05) is 5.43 Å². The minimum absolute atomic E-state index is 0.457. The molecule has 0 radical (unpaired) electrons. The first-order valence-electron chi connectivity index (χ1n) is 6.77. The molecule has 0 heterocycles. The van der Waals surface area contributed by atoms with Crippen molar-refractivity contribution < 1.29 is 5.21 Å². The monoisotopic (exact) mass is 281 g/mol. The van der Waals surface area contributed by atoms with Crippen molar-refractivity contribution in [2.24, 2.45) is 10.3 Å². The van der Waals surface area contributed by atoms with Gasteiger partial charge in [-0.25, -0.2) is 0 Å². The van der Waals surface area contributed by atoms with Gasteiger partial charge in [-0.3, -0.25) is 5.43 Å². The van der Waals surface area contributed by atoms with E-state index in [4.69, 9.17) is 5.21 Å². The second-order valence-electron chi connectivity index (χ2n) is 4.94. The van der Waals surface area contributed by atoms with Crippen LogP contribution < -0.4 is 5.43 Å². The second kappa shape index (κ2) is 6.70. The van der Waals surface area contributed by atoms with Crippen LogP contribution in [0, 0.1) is 13.8 Å². The molecule has 0 atom stereocenters. The van der Waals surface area contributed by atoms with Crippen LogP contribution in [-0.2, 0) is 0 Å². The van der Waals surface area contributed by atoms with Crippen molar-refractivity contribution in [1.29, 1.82) is 0 Å². The predicted molar refractivity (Wildman–Crippen MR) is 87.4 cm³/mol. The highest BCUT2D eigenvalue weighted by molar-refractivity contribution is 6.47. The molecule has 0 unspecified atom stereocenters. The molecular weight excluding hydrogens is 262 g/mol. The number of nitrogens with zero attached hydrogens (tertiary/aromatic N) is 2. The Bertz CT molecular complexity index is 676. The average Bonchev–Trinajstić information content (AvgIpc) is 2.50. The van der Waals surface area contributed by atoms with Crippen LogP contribution in [0.15, 0.2) is 58.8 Å². The van der Waals surface area contributed by atoms with Gasteiger partial charge in [0.1, 0.15) is 11.4 Å². The smallest absolute Gasteiger partial charge is 0.115 e. The quantitative estimate of drug-likeness (QED) is 0.506. The summed E-state index contributed by atoms with van der Waals surface area (Å²) in [6, 6.07) is 15.7. The molecular formula is C17H19N3O. The lowest BCUT2D eigenvalue weighted by atomic mass is 10.1. The van der Waals surface area contributed by atoms with Crippen molar-refractivity contribution >= 4 is 17.1 Å². The third-order valence-electron chi connectivity index (χ3n) is 3.21. The largest absolute Gasteiger partial charge is 0.411 e. The van der Waals surface area contributed by atoms with E-state index in [-0.39, 0.29) is 0 Å². The van der Waals surface area contributed by atoms with E-state index in [9.17, 15) is 0 Å². The molecule has 0 saturated carbocycles. The highest BCUT2D eigenvalue weighted by Crippen LogP contribution is 2.16. The Balaban J connectivity index is 2.34. The van der Waals surface area contributed by atoms with Gasteiger partial charge in [0.15, 0.2) is 0 Å². The first-order chi connectivity index (χ1) is 10.1. The molecule has 21 heavy (non-hydrogen) atoms. The minimum Gasteiger partial charge on any atom is -0.411 e. The first kappa shape index (κ1) is 14.8. The summed E-state index contributed by atoms with van der Waals surface area (Å²) in [7, 11) is 0. The molecule has 0 saturated heterocycles. The van der Waals surface area contributed by atoms with Crippen molar-refractivity contribution in [3.05, 3.63) is 65.2 Å². The van der Waals surface area contributed by atoms with Crippen LogP contribution in [0.3, 0.4) is 0 Å².